The lowest BCUT2D eigenvalue weighted by Gasteiger charge is -1.91. The lowest BCUT2D eigenvalue weighted by molar-refractivity contribution is 1.40. The molecule has 6 heavy (non-hydrogen) atoms. The van der Waals surface area contributed by atoms with Crippen molar-refractivity contribution in [1.29, 1.82) is 0 Å². The van der Waals surface area contributed by atoms with E-state index in [-0.39, 0.29) is 5.96 Å². The molecule has 0 spiro atoms. The van der Waals surface area contributed by atoms with Gasteiger partial charge in [0.25, 0.3) is 7.98 Å². The zero-order valence-electron chi connectivity index (χ0n) is 3.18. The molecule has 5 heteroatoms. The molecule has 0 saturated carbocycles. The van der Waals surface area contributed by atoms with Crippen molar-refractivity contribution in [3.05, 3.63) is 0 Å². The zero-order valence-corrected chi connectivity index (χ0v) is 3.18. The molecule has 0 atom stereocenters. The van der Waals surface area contributed by atoms with Crippen molar-refractivity contribution < 1.29 is 0 Å². The molecule has 0 aromatic carbocycles. The molecule has 0 fully saturated rings. The maximum absolute atomic E-state index is 4.86. The van der Waals surface area contributed by atoms with E-state index in [2.05, 4.69) is 12.9 Å². The second-order valence-corrected chi connectivity index (χ2v) is 0.659. The van der Waals surface area contributed by atoms with E-state index < -0.39 is 0 Å². The van der Waals surface area contributed by atoms with Gasteiger partial charge in [-0.05, 0) is 0 Å². The standard InChI is InChI=1S/CH3B2N3/c2-5-1(4)6-3/h(H3,4,5,6). The van der Waals surface area contributed by atoms with Crippen LogP contribution in [0.1, 0.15) is 0 Å². The lowest BCUT2D eigenvalue weighted by Crippen LogP contribution is -2.28. The van der Waals surface area contributed by atoms with E-state index in [4.69, 9.17) is 13.7 Å². The first kappa shape index (κ1) is 5.40. The smallest absolute Gasteiger partial charge is 0.264 e. The van der Waals surface area contributed by atoms with Crippen LogP contribution in [0.5, 0.6) is 0 Å². The number of guanidine groups is 1. The van der Waals surface area contributed by atoms with Gasteiger partial charge in [0.05, 0.1) is 0 Å². The molecule has 4 radical (unpaired) electrons. The van der Waals surface area contributed by atoms with Gasteiger partial charge in [0, 0.05) is 0 Å². The van der Waals surface area contributed by atoms with Crippen LogP contribution in [-0.4, -0.2) is 21.9 Å². The minimum absolute atomic E-state index is 0.0231. The van der Waals surface area contributed by atoms with Crippen molar-refractivity contribution in [2.24, 2.45) is 10.6 Å². The molecule has 0 aromatic heterocycles. The molecule has 3 nitrogen and oxygen atoms in total. The Bertz CT molecular complexity index is 59.8. The van der Waals surface area contributed by atoms with Gasteiger partial charge in [-0.15, -0.1) is 0 Å². The molecule has 0 aliphatic carbocycles. The van der Waals surface area contributed by atoms with E-state index >= 15 is 0 Å². The number of rotatable bonds is 0. The Hall–Kier alpha value is -0.600. The van der Waals surface area contributed by atoms with Gasteiger partial charge in [-0.2, -0.15) is 0 Å². The third kappa shape index (κ3) is 1.69. The quantitative estimate of drug-likeness (QED) is 0.201. The molecule has 0 unspecified atom stereocenters. The van der Waals surface area contributed by atoms with Gasteiger partial charge in [-0.1, -0.05) is 0 Å². The Labute approximate surface area is 38.9 Å². The molecule has 3 N–H and O–H groups in total. The Kier molecular flexibility index (Phi) is 2.36. The molecular weight excluding hydrogens is 75.7 g/mol. The number of nitrogens with one attached hydrogen (secondary N) is 1. The SMILES string of the molecule is [B]N=C(N)N[B]. The lowest BCUT2D eigenvalue weighted by atomic mass is 10.4. The topological polar surface area (TPSA) is 50.4 Å². The number of nitrogens with zero attached hydrogens (tertiary/aromatic N) is 1. The van der Waals surface area contributed by atoms with E-state index in [1.165, 1.54) is 0 Å². The van der Waals surface area contributed by atoms with Crippen LogP contribution in [0.15, 0.2) is 4.90 Å². The van der Waals surface area contributed by atoms with Crippen molar-refractivity contribution in [1.82, 2.24) is 5.23 Å². The Morgan fingerprint density at radius 1 is 1.83 bits per heavy atom. The fourth-order valence-electron chi connectivity index (χ4n) is 0.0373. The minimum atomic E-state index is 0.0231. The summed E-state index contributed by atoms with van der Waals surface area (Å²) in [4.78, 5) is 2.97. The van der Waals surface area contributed by atoms with Gasteiger partial charge >= 0.3 is 0 Å². The summed E-state index contributed by atoms with van der Waals surface area (Å²) in [6, 6.07) is 0. The van der Waals surface area contributed by atoms with Crippen molar-refractivity contribution >= 4 is 21.9 Å². The van der Waals surface area contributed by atoms with Crippen LogP contribution in [0, 0.1) is 0 Å². The summed E-state index contributed by atoms with van der Waals surface area (Å²) in [7, 11) is 9.30. The highest BCUT2D eigenvalue weighted by atomic mass is 15.0. The van der Waals surface area contributed by atoms with Crippen molar-refractivity contribution in [2.75, 3.05) is 0 Å². The molecule has 0 bridgehead atoms. The number of nitrogens with two attached hydrogens (primary N) is 1. The molecule has 0 rings (SSSR count). The summed E-state index contributed by atoms with van der Waals surface area (Å²) in [5.74, 6) is 0.0231. The molecule has 0 aliphatic heterocycles. The molecule has 0 aliphatic rings. The molecule has 0 amide bonds. The van der Waals surface area contributed by atoms with E-state index in [1.54, 1.807) is 0 Å². The predicted octanol–water partition coefficient (Wildman–Crippen LogP) is -1.94. The molecular formula is CH3B2N3. The maximum Gasteiger partial charge on any atom is 0.264 e. The summed E-state index contributed by atoms with van der Waals surface area (Å²) in [5.41, 5.74) is 4.86. The summed E-state index contributed by atoms with van der Waals surface area (Å²) >= 11 is 0. The van der Waals surface area contributed by atoms with Crippen LogP contribution in [0.25, 0.3) is 0 Å². The van der Waals surface area contributed by atoms with Gasteiger partial charge in [-0.25, -0.2) is 0 Å². The summed E-state index contributed by atoms with van der Waals surface area (Å²) in [6.07, 6.45) is 0. The average Bonchev–Trinajstić information content (AvgIpc) is 1.65. The van der Waals surface area contributed by atoms with E-state index in [0.717, 1.165) is 0 Å². The van der Waals surface area contributed by atoms with Crippen LogP contribution in [0.2, 0.25) is 0 Å². The highest BCUT2D eigenvalue weighted by Crippen LogP contribution is 1.45. The van der Waals surface area contributed by atoms with Crippen LogP contribution in [0.4, 0.5) is 0 Å². The maximum atomic E-state index is 4.86. The first-order valence-electron chi connectivity index (χ1n) is 1.31. The van der Waals surface area contributed by atoms with E-state index in [9.17, 15) is 0 Å². The fraction of sp³-hybridized carbons (Fsp3) is 0. The molecule has 28 valence electrons. The van der Waals surface area contributed by atoms with Crippen LogP contribution in [0.3, 0.4) is 0 Å². The minimum Gasteiger partial charge on any atom is -0.411 e. The summed E-state index contributed by atoms with van der Waals surface area (Å²) in [5, 5.41) is 2.02. The van der Waals surface area contributed by atoms with Crippen molar-refractivity contribution in [3.8, 4) is 0 Å². The van der Waals surface area contributed by atoms with Crippen LogP contribution in [-0.2, 0) is 0 Å². The fourth-order valence-corrected chi connectivity index (χ4v) is 0.0373. The Balaban J connectivity index is 3.22. The van der Waals surface area contributed by atoms with E-state index in [0.29, 0.717) is 0 Å². The zero-order chi connectivity index (χ0) is 4.99. The normalized spacial score (nSPS) is 11.0. The first-order chi connectivity index (χ1) is 2.81. The van der Waals surface area contributed by atoms with Gasteiger partial charge < -0.3 is 15.9 Å². The van der Waals surface area contributed by atoms with Crippen molar-refractivity contribution in [3.63, 3.8) is 0 Å². The highest BCUT2D eigenvalue weighted by Gasteiger charge is 1.71. The molecule has 0 saturated heterocycles. The third-order valence-corrected chi connectivity index (χ3v) is 0.287. The van der Waals surface area contributed by atoms with Gasteiger partial charge in [-0.3, -0.25) is 0 Å². The highest BCUT2D eigenvalue weighted by molar-refractivity contribution is 6.19. The second kappa shape index (κ2) is 2.63. The number of hydrogen-bond acceptors (Lipinski definition) is 1. The average molecular weight is 78.7 g/mol. The predicted molar refractivity (Wildman–Crippen MR) is 26.3 cm³/mol. The Morgan fingerprint density at radius 2 is 2.33 bits per heavy atom. The van der Waals surface area contributed by atoms with Gasteiger partial charge in [0.1, 0.15) is 0 Å². The molecule has 0 aromatic rings. The van der Waals surface area contributed by atoms with Crippen LogP contribution < -0.4 is 11.0 Å². The van der Waals surface area contributed by atoms with Crippen LogP contribution >= 0.6 is 0 Å². The monoisotopic (exact) mass is 79.1 g/mol. The van der Waals surface area contributed by atoms with Gasteiger partial charge in [0.15, 0.2) is 5.96 Å². The van der Waals surface area contributed by atoms with E-state index in [1.807, 2.05) is 5.23 Å². The Morgan fingerprint density at radius 3 is 2.33 bits per heavy atom. The van der Waals surface area contributed by atoms with Crippen molar-refractivity contribution in [2.45, 2.75) is 0 Å². The largest absolute Gasteiger partial charge is 0.411 e. The second-order valence-electron chi connectivity index (χ2n) is 0.659. The molecule has 0 heterocycles. The number of hydrogen-bond donors (Lipinski definition) is 2. The summed E-state index contributed by atoms with van der Waals surface area (Å²) < 4.78 is 0. The van der Waals surface area contributed by atoms with Gasteiger partial charge in [0.2, 0.25) is 7.98 Å². The summed E-state index contributed by atoms with van der Waals surface area (Å²) in [6.45, 7) is 0. The third-order valence-electron chi connectivity index (χ3n) is 0.287. The first-order valence-corrected chi connectivity index (χ1v) is 1.31.